The fourth-order valence-corrected chi connectivity index (χ4v) is 3.65. The first-order valence-corrected chi connectivity index (χ1v) is 8.16. The first kappa shape index (κ1) is 20.6. The Kier molecular flexibility index (Phi) is 8.24. The van der Waals surface area contributed by atoms with Crippen LogP contribution in [0.3, 0.4) is 0 Å². The van der Waals surface area contributed by atoms with Gasteiger partial charge < -0.3 is 15.6 Å². The molecule has 1 aromatic heterocycles. The molecule has 1 saturated carbocycles. The van der Waals surface area contributed by atoms with Gasteiger partial charge in [0.1, 0.15) is 0 Å². The van der Waals surface area contributed by atoms with E-state index in [1.807, 2.05) is 0 Å². The summed E-state index contributed by atoms with van der Waals surface area (Å²) in [6, 6.07) is 0.219. The summed E-state index contributed by atoms with van der Waals surface area (Å²) in [6.07, 6.45) is 7.08. The summed E-state index contributed by atoms with van der Waals surface area (Å²) >= 11 is 0. The van der Waals surface area contributed by atoms with Crippen molar-refractivity contribution >= 4 is 24.8 Å². The normalized spacial score (nSPS) is 24.5. The quantitative estimate of drug-likeness (QED) is 0.848. The van der Waals surface area contributed by atoms with Gasteiger partial charge in [0.15, 0.2) is 5.82 Å². The lowest BCUT2D eigenvalue weighted by Crippen LogP contribution is -2.44. The molecule has 0 amide bonds. The average molecular weight is 366 g/mol. The van der Waals surface area contributed by atoms with Crippen LogP contribution in [0.2, 0.25) is 0 Å². The standard InChI is InChI=1S/C15H27N5O.2ClH/c1-20-8-7-17-10-12(20)14-18-13(21-19-14)9-15(11-16)5-3-2-4-6-15;;/h12,17H,2-11,16H2,1H3;2*1H. The van der Waals surface area contributed by atoms with Gasteiger partial charge in [-0.3, -0.25) is 4.90 Å². The largest absolute Gasteiger partial charge is 0.339 e. The molecule has 0 radical (unpaired) electrons. The molecule has 3 N–H and O–H groups in total. The molecule has 6 nitrogen and oxygen atoms in total. The van der Waals surface area contributed by atoms with Crippen molar-refractivity contribution in [1.82, 2.24) is 20.4 Å². The van der Waals surface area contributed by atoms with Gasteiger partial charge in [0.2, 0.25) is 5.89 Å². The number of nitrogens with two attached hydrogens (primary N) is 1. The monoisotopic (exact) mass is 365 g/mol. The van der Waals surface area contributed by atoms with E-state index < -0.39 is 0 Å². The van der Waals surface area contributed by atoms with Crippen LogP contribution in [-0.2, 0) is 6.42 Å². The number of nitrogens with zero attached hydrogens (tertiary/aromatic N) is 3. The van der Waals surface area contributed by atoms with E-state index in [4.69, 9.17) is 10.3 Å². The molecule has 0 aromatic carbocycles. The van der Waals surface area contributed by atoms with Gasteiger partial charge in [-0.05, 0) is 31.8 Å². The van der Waals surface area contributed by atoms with Crippen molar-refractivity contribution in [1.29, 1.82) is 0 Å². The Hall–Kier alpha value is -0.400. The van der Waals surface area contributed by atoms with Crippen LogP contribution >= 0.6 is 24.8 Å². The highest BCUT2D eigenvalue weighted by atomic mass is 35.5. The second-order valence-electron chi connectivity index (χ2n) is 6.69. The van der Waals surface area contributed by atoms with E-state index in [-0.39, 0.29) is 36.3 Å². The number of nitrogens with one attached hydrogen (secondary N) is 1. The van der Waals surface area contributed by atoms with E-state index in [1.165, 1.54) is 32.1 Å². The number of piperazine rings is 1. The van der Waals surface area contributed by atoms with Crippen molar-refractivity contribution in [3.05, 3.63) is 11.7 Å². The van der Waals surface area contributed by atoms with Crippen LogP contribution in [0.1, 0.15) is 49.9 Å². The molecule has 0 bridgehead atoms. The maximum atomic E-state index is 6.05. The maximum absolute atomic E-state index is 6.05. The molecule has 1 saturated heterocycles. The summed E-state index contributed by atoms with van der Waals surface area (Å²) in [7, 11) is 2.12. The van der Waals surface area contributed by atoms with Crippen molar-refractivity contribution in [3.63, 3.8) is 0 Å². The fourth-order valence-electron chi connectivity index (χ4n) is 3.65. The first-order valence-electron chi connectivity index (χ1n) is 8.16. The first-order chi connectivity index (χ1) is 10.2. The maximum Gasteiger partial charge on any atom is 0.227 e. The van der Waals surface area contributed by atoms with Gasteiger partial charge in [-0.2, -0.15) is 4.98 Å². The van der Waals surface area contributed by atoms with E-state index >= 15 is 0 Å². The molecule has 1 aromatic rings. The summed E-state index contributed by atoms with van der Waals surface area (Å²) in [5, 5.41) is 7.60. The number of rotatable bonds is 4. The second-order valence-corrected chi connectivity index (χ2v) is 6.69. The van der Waals surface area contributed by atoms with E-state index in [0.717, 1.165) is 44.3 Å². The Bertz CT molecular complexity index is 464. The zero-order valence-electron chi connectivity index (χ0n) is 13.8. The van der Waals surface area contributed by atoms with Gasteiger partial charge in [-0.1, -0.05) is 24.4 Å². The third-order valence-electron chi connectivity index (χ3n) is 5.17. The third-order valence-corrected chi connectivity index (χ3v) is 5.17. The summed E-state index contributed by atoms with van der Waals surface area (Å²) < 4.78 is 5.52. The molecule has 2 aliphatic rings. The molecule has 1 aliphatic heterocycles. The Balaban J connectivity index is 0.00000132. The predicted molar refractivity (Wildman–Crippen MR) is 95.3 cm³/mol. The minimum atomic E-state index is 0. The van der Waals surface area contributed by atoms with Gasteiger partial charge in [-0.25, -0.2) is 0 Å². The molecule has 1 aliphatic carbocycles. The van der Waals surface area contributed by atoms with Crippen molar-refractivity contribution < 1.29 is 4.52 Å². The Labute approximate surface area is 150 Å². The zero-order valence-corrected chi connectivity index (χ0v) is 15.4. The Morgan fingerprint density at radius 2 is 2.04 bits per heavy atom. The van der Waals surface area contributed by atoms with Crippen molar-refractivity contribution in [2.24, 2.45) is 11.1 Å². The lowest BCUT2D eigenvalue weighted by molar-refractivity contribution is 0.176. The van der Waals surface area contributed by atoms with E-state index in [1.54, 1.807) is 0 Å². The van der Waals surface area contributed by atoms with Crippen LogP contribution in [0.15, 0.2) is 4.52 Å². The van der Waals surface area contributed by atoms with E-state index in [2.05, 4.69) is 27.4 Å². The van der Waals surface area contributed by atoms with E-state index in [9.17, 15) is 0 Å². The van der Waals surface area contributed by atoms with Crippen LogP contribution in [-0.4, -0.2) is 48.3 Å². The second kappa shape index (κ2) is 9.18. The average Bonchev–Trinajstić information content (AvgIpc) is 2.97. The van der Waals surface area contributed by atoms with Gasteiger partial charge in [0, 0.05) is 26.1 Å². The van der Waals surface area contributed by atoms with Crippen molar-refractivity contribution in [2.45, 2.75) is 44.6 Å². The number of likely N-dealkylation sites (N-methyl/N-ethyl adjacent to an activating group) is 1. The highest BCUT2D eigenvalue weighted by Gasteiger charge is 2.33. The number of hydrogen-bond donors (Lipinski definition) is 2. The smallest absolute Gasteiger partial charge is 0.227 e. The fraction of sp³-hybridized carbons (Fsp3) is 0.867. The summed E-state index contributed by atoms with van der Waals surface area (Å²) in [5.41, 5.74) is 6.23. The SMILES string of the molecule is CN1CCNCC1c1noc(CC2(CN)CCCCC2)n1.Cl.Cl. The third kappa shape index (κ3) is 4.79. The number of halogens is 2. The van der Waals surface area contributed by atoms with Crippen molar-refractivity contribution in [2.75, 3.05) is 33.2 Å². The molecule has 1 atom stereocenters. The highest BCUT2D eigenvalue weighted by Crippen LogP contribution is 2.38. The highest BCUT2D eigenvalue weighted by molar-refractivity contribution is 5.85. The molecule has 0 spiro atoms. The molecular formula is C15H29Cl2N5O. The molecule has 2 heterocycles. The van der Waals surface area contributed by atoms with Crippen LogP contribution in [0, 0.1) is 5.41 Å². The predicted octanol–water partition coefficient (Wildman–Crippen LogP) is 1.94. The molecule has 2 fully saturated rings. The van der Waals surface area contributed by atoms with Crippen LogP contribution < -0.4 is 11.1 Å². The Morgan fingerprint density at radius 3 is 2.70 bits per heavy atom. The molecule has 8 heteroatoms. The van der Waals surface area contributed by atoms with Crippen LogP contribution in [0.5, 0.6) is 0 Å². The summed E-state index contributed by atoms with van der Waals surface area (Å²) in [6.45, 7) is 3.64. The Morgan fingerprint density at radius 1 is 1.30 bits per heavy atom. The number of hydrogen-bond acceptors (Lipinski definition) is 6. The van der Waals surface area contributed by atoms with Gasteiger partial charge in [0.25, 0.3) is 0 Å². The van der Waals surface area contributed by atoms with Crippen LogP contribution in [0.25, 0.3) is 0 Å². The lowest BCUT2D eigenvalue weighted by atomic mass is 9.72. The lowest BCUT2D eigenvalue weighted by Gasteiger charge is -2.35. The number of aromatic nitrogens is 2. The minimum Gasteiger partial charge on any atom is -0.339 e. The molecule has 134 valence electrons. The van der Waals surface area contributed by atoms with Crippen LogP contribution in [0.4, 0.5) is 0 Å². The zero-order chi connectivity index (χ0) is 14.7. The van der Waals surface area contributed by atoms with Gasteiger partial charge in [0.05, 0.1) is 6.04 Å². The summed E-state index contributed by atoms with van der Waals surface area (Å²) in [5.74, 6) is 1.57. The van der Waals surface area contributed by atoms with Crippen molar-refractivity contribution in [3.8, 4) is 0 Å². The minimum absolute atomic E-state index is 0. The molecule has 1 unspecified atom stereocenters. The summed E-state index contributed by atoms with van der Waals surface area (Å²) in [4.78, 5) is 6.94. The topological polar surface area (TPSA) is 80.2 Å². The molecule has 23 heavy (non-hydrogen) atoms. The molecular weight excluding hydrogens is 337 g/mol. The molecule has 3 rings (SSSR count). The van der Waals surface area contributed by atoms with Gasteiger partial charge >= 0.3 is 0 Å². The van der Waals surface area contributed by atoms with Gasteiger partial charge in [-0.15, -0.1) is 24.8 Å². The van der Waals surface area contributed by atoms with E-state index in [0.29, 0.717) is 0 Å².